The number of carbonyl (C=O) groups excluding carboxylic acids is 1. The molecule has 0 unspecified atom stereocenters. The molecule has 0 heterocycles. The van der Waals surface area contributed by atoms with Gasteiger partial charge in [0.05, 0.1) is 7.11 Å². The van der Waals surface area contributed by atoms with E-state index in [1.165, 1.54) is 24.9 Å². The van der Waals surface area contributed by atoms with Gasteiger partial charge < -0.3 is 10.5 Å². The van der Waals surface area contributed by atoms with E-state index in [4.69, 9.17) is 17.3 Å². The Morgan fingerprint density at radius 2 is 2.33 bits per heavy atom. The second-order valence-corrected chi connectivity index (χ2v) is 4.01. The van der Waals surface area contributed by atoms with Crippen LogP contribution >= 0.6 is 23.4 Å². The monoisotopic (exact) mass is 243 g/mol. The summed E-state index contributed by atoms with van der Waals surface area (Å²) in [6.07, 6.45) is 1.32. The number of benzene rings is 1. The molecule has 15 heavy (non-hydrogen) atoms. The van der Waals surface area contributed by atoms with Gasteiger partial charge in [-0.2, -0.15) is 0 Å². The van der Waals surface area contributed by atoms with Crippen LogP contribution < -0.4 is 5.73 Å². The third-order valence-electron chi connectivity index (χ3n) is 1.58. The minimum Gasteiger partial charge on any atom is -0.466 e. The second kappa shape index (κ2) is 5.68. The maximum Gasteiger partial charge on any atom is 0.330 e. The summed E-state index contributed by atoms with van der Waals surface area (Å²) in [6, 6.07) is 5.17. The van der Waals surface area contributed by atoms with Crippen molar-refractivity contribution in [1.29, 1.82) is 0 Å². The Morgan fingerprint density at radius 3 is 3.00 bits per heavy atom. The van der Waals surface area contributed by atoms with E-state index in [2.05, 4.69) is 4.74 Å². The number of nitrogens with two attached hydrogens (primary N) is 1. The highest BCUT2D eigenvalue weighted by Crippen LogP contribution is 2.28. The van der Waals surface area contributed by atoms with Gasteiger partial charge in [-0.25, -0.2) is 4.79 Å². The molecule has 0 aromatic heterocycles. The molecule has 0 saturated heterocycles. The van der Waals surface area contributed by atoms with E-state index >= 15 is 0 Å². The fourth-order valence-corrected chi connectivity index (χ4v) is 1.80. The van der Waals surface area contributed by atoms with Gasteiger partial charge >= 0.3 is 5.97 Å². The number of halogens is 1. The van der Waals surface area contributed by atoms with Crippen molar-refractivity contribution in [3.05, 3.63) is 34.7 Å². The van der Waals surface area contributed by atoms with Gasteiger partial charge in [0.15, 0.2) is 0 Å². The topological polar surface area (TPSA) is 52.3 Å². The summed E-state index contributed by atoms with van der Waals surface area (Å²) in [7, 11) is 1.32. The van der Waals surface area contributed by atoms with Gasteiger partial charge in [0.2, 0.25) is 0 Å². The van der Waals surface area contributed by atoms with Crippen molar-refractivity contribution < 1.29 is 9.53 Å². The van der Waals surface area contributed by atoms with E-state index in [-0.39, 0.29) is 0 Å². The Balaban J connectivity index is 2.68. The molecule has 0 bridgehead atoms. The van der Waals surface area contributed by atoms with Crippen molar-refractivity contribution in [1.82, 2.24) is 0 Å². The van der Waals surface area contributed by atoms with Crippen LogP contribution in [0.2, 0.25) is 5.02 Å². The first-order chi connectivity index (χ1) is 7.13. The quantitative estimate of drug-likeness (QED) is 0.384. The molecule has 0 radical (unpaired) electrons. The molecule has 80 valence electrons. The summed E-state index contributed by atoms with van der Waals surface area (Å²) in [5, 5.41) is 2.21. The molecule has 0 aliphatic heterocycles. The fourth-order valence-electron chi connectivity index (χ4n) is 0.841. The number of anilines is 1. The van der Waals surface area contributed by atoms with E-state index < -0.39 is 5.97 Å². The number of hydrogen-bond donors (Lipinski definition) is 1. The Kier molecular flexibility index (Phi) is 4.52. The lowest BCUT2D eigenvalue weighted by atomic mass is 10.3. The maximum atomic E-state index is 10.8. The Morgan fingerprint density at radius 1 is 1.60 bits per heavy atom. The molecule has 0 aliphatic carbocycles. The van der Waals surface area contributed by atoms with Crippen molar-refractivity contribution in [3.63, 3.8) is 0 Å². The van der Waals surface area contributed by atoms with Gasteiger partial charge in [-0.15, -0.1) is 0 Å². The highest BCUT2D eigenvalue weighted by molar-refractivity contribution is 8.02. The number of hydrogen-bond acceptors (Lipinski definition) is 4. The zero-order chi connectivity index (χ0) is 11.3. The maximum absolute atomic E-state index is 10.8. The average molecular weight is 244 g/mol. The molecule has 0 atom stereocenters. The fraction of sp³-hybridized carbons (Fsp3) is 0.100. The van der Waals surface area contributed by atoms with Gasteiger partial charge in [0.1, 0.15) is 0 Å². The summed E-state index contributed by atoms with van der Waals surface area (Å²) in [4.78, 5) is 11.6. The van der Waals surface area contributed by atoms with Crippen molar-refractivity contribution in [3.8, 4) is 0 Å². The molecular weight excluding hydrogens is 234 g/mol. The van der Waals surface area contributed by atoms with Crippen LogP contribution in [0.4, 0.5) is 5.69 Å². The zero-order valence-corrected chi connectivity index (χ0v) is 9.64. The lowest BCUT2D eigenvalue weighted by Gasteiger charge is -2.01. The van der Waals surface area contributed by atoms with Crippen LogP contribution in [-0.4, -0.2) is 13.1 Å². The summed E-state index contributed by atoms with van der Waals surface area (Å²) in [5.41, 5.74) is 6.33. The molecule has 1 rings (SSSR count). The molecular formula is C10H10ClNO2S. The van der Waals surface area contributed by atoms with Gasteiger partial charge in [-0.1, -0.05) is 23.4 Å². The molecule has 3 nitrogen and oxygen atoms in total. The normalized spacial score (nSPS) is 10.5. The number of methoxy groups -OCH3 is 1. The van der Waals surface area contributed by atoms with Crippen LogP contribution in [0.5, 0.6) is 0 Å². The van der Waals surface area contributed by atoms with E-state index in [0.717, 1.165) is 4.90 Å². The third-order valence-corrected chi connectivity index (χ3v) is 2.69. The number of esters is 1. The molecule has 5 heteroatoms. The number of nitrogen functional groups attached to an aromatic ring is 1. The molecule has 1 aromatic carbocycles. The van der Waals surface area contributed by atoms with Crippen LogP contribution in [0.3, 0.4) is 0 Å². The number of carbonyl (C=O) groups is 1. The molecule has 0 saturated carbocycles. The van der Waals surface area contributed by atoms with E-state index in [1.807, 2.05) is 0 Å². The number of rotatable bonds is 3. The van der Waals surface area contributed by atoms with Crippen molar-refractivity contribution in [2.45, 2.75) is 4.90 Å². The smallest absolute Gasteiger partial charge is 0.330 e. The van der Waals surface area contributed by atoms with Crippen LogP contribution in [0.15, 0.2) is 34.6 Å². The van der Waals surface area contributed by atoms with Crippen molar-refractivity contribution in [2.75, 3.05) is 12.8 Å². The summed E-state index contributed by atoms with van der Waals surface area (Å²) in [5.74, 6) is -0.400. The molecule has 0 spiro atoms. The van der Waals surface area contributed by atoms with Crippen molar-refractivity contribution in [2.24, 2.45) is 0 Å². The summed E-state index contributed by atoms with van der Waals surface area (Å²) < 4.78 is 4.45. The third kappa shape index (κ3) is 3.85. The number of ether oxygens (including phenoxy) is 1. The minimum absolute atomic E-state index is 0.400. The van der Waals surface area contributed by atoms with Crippen LogP contribution in [-0.2, 0) is 9.53 Å². The standard InChI is InChI=1S/C10H10ClNO2S/c1-14-10(13)4-5-15-9-6-7(11)2-3-8(9)12/h2-6H,12H2,1H3. The molecule has 0 aliphatic rings. The molecule has 0 fully saturated rings. The van der Waals surface area contributed by atoms with Gasteiger partial charge in [-0.05, 0) is 23.6 Å². The van der Waals surface area contributed by atoms with Crippen LogP contribution in [0, 0.1) is 0 Å². The van der Waals surface area contributed by atoms with Gasteiger partial charge in [-0.3, -0.25) is 0 Å². The van der Waals surface area contributed by atoms with Gasteiger partial charge in [0.25, 0.3) is 0 Å². The lowest BCUT2D eigenvalue weighted by molar-refractivity contribution is -0.134. The van der Waals surface area contributed by atoms with E-state index in [1.54, 1.807) is 23.6 Å². The molecule has 1 aromatic rings. The highest BCUT2D eigenvalue weighted by atomic mass is 35.5. The largest absolute Gasteiger partial charge is 0.466 e. The molecule has 0 amide bonds. The Labute approximate surface area is 97.2 Å². The first kappa shape index (κ1) is 11.9. The first-order valence-electron chi connectivity index (χ1n) is 4.09. The molecule has 2 N–H and O–H groups in total. The average Bonchev–Trinajstić information content (AvgIpc) is 2.23. The SMILES string of the molecule is COC(=O)C=CSc1cc(Cl)ccc1N. The first-order valence-corrected chi connectivity index (χ1v) is 5.35. The van der Waals surface area contributed by atoms with Gasteiger partial charge in [0, 0.05) is 21.7 Å². The minimum atomic E-state index is -0.400. The van der Waals surface area contributed by atoms with Crippen LogP contribution in [0.1, 0.15) is 0 Å². The van der Waals surface area contributed by atoms with Crippen LogP contribution in [0.25, 0.3) is 0 Å². The highest BCUT2D eigenvalue weighted by Gasteiger charge is 1.99. The predicted molar refractivity (Wildman–Crippen MR) is 62.9 cm³/mol. The lowest BCUT2D eigenvalue weighted by Crippen LogP contribution is -1.92. The van der Waals surface area contributed by atoms with E-state index in [9.17, 15) is 4.79 Å². The summed E-state index contributed by atoms with van der Waals surface area (Å²) in [6.45, 7) is 0. The zero-order valence-electron chi connectivity index (χ0n) is 8.07. The Hall–Kier alpha value is -1.13. The number of thioether (sulfide) groups is 1. The van der Waals surface area contributed by atoms with E-state index in [0.29, 0.717) is 10.7 Å². The predicted octanol–water partition coefficient (Wildman–Crippen LogP) is 2.70. The second-order valence-electron chi connectivity index (χ2n) is 2.63. The summed E-state index contributed by atoms with van der Waals surface area (Å²) >= 11 is 7.12. The Bertz CT molecular complexity index is 393. The van der Waals surface area contributed by atoms with Crippen molar-refractivity contribution >= 4 is 35.0 Å².